The molecule has 0 spiro atoms. The van der Waals surface area contributed by atoms with E-state index in [4.69, 9.17) is 5.11 Å². The fourth-order valence-corrected chi connectivity index (χ4v) is 0.666. The molecule has 13 heavy (non-hydrogen) atoms. The van der Waals surface area contributed by atoms with Gasteiger partial charge in [0, 0.05) is 0 Å². The molecule has 1 aliphatic heterocycles. The van der Waals surface area contributed by atoms with Gasteiger partial charge in [-0.05, 0) is 0 Å². The maximum absolute atomic E-state index is 12.5. The molecular formula is C4H2F6O3. The quantitative estimate of drug-likeness (QED) is 0.611. The van der Waals surface area contributed by atoms with Crippen molar-refractivity contribution in [1.82, 2.24) is 0 Å². The van der Waals surface area contributed by atoms with Crippen LogP contribution < -0.4 is 0 Å². The highest BCUT2D eigenvalue weighted by atomic mass is 19.4. The van der Waals surface area contributed by atoms with Gasteiger partial charge in [-0.25, -0.2) is 0 Å². The molecule has 1 N–H and O–H groups in total. The lowest BCUT2D eigenvalue weighted by atomic mass is 10.3. The zero-order chi connectivity index (χ0) is 10.5. The molecule has 0 aliphatic carbocycles. The van der Waals surface area contributed by atoms with Gasteiger partial charge in [-0.1, -0.05) is 0 Å². The lowest BCUT2D eigenvalue weighted by Gasteiger charge is -2.24. The zero-order valence-corrected chi connectivity index (χ0v) is 5.61. The maximum atomic E-state index is 12.5. The second-order valence-electron chi connectivity index (χ2n) is 2.15. The van der Waals surface area contributed by atoms with Crippen LogP contribution in [-0.4, -0.2) is 29.7 Å². The van der Waals surface area contributed by atoms with E-state index in [0.29, 0.717) is 0 Å². The molecule has 0 aromatic heterocycles. The Balaban J connectivity index is 3.03. The third-order valence-corrected chi connectivity index (χ3v) is 1.25. The van der Waals surface area contributed by atoms with E-state index in [1.165, 1.54) is 0 Å². The van der Waals surface area contributed by atoms with Crippen LogP contribution in [0.2, 0.25) is 0 Å². The Labute approximate surface area is 66.8 Å². The molecule has 9 heteroatoms. The SMILES string of the molecule is OC1OC(F)(F)C(F)(C(F)(F)F)O1. The van der Waals surface area contributed by atoms with Gasteiger partial charge in [0.1, 0.15) is 0 Å². The van der Waals surface area contributed by atoms with Gasteiger partial charge in [-0.15, -0.1) is 0 Å². The monoisotopic (exact) mass is 212 g/mol. The lowest BCUT2D eigenvalue weighted by Crippen LogP contribution is -2.53. The zero-order valence-electron chi connectivity index (χ0n) is 5.61. The van der Waals surface area contributed by atoms with Gasteiger partial charge in [0.05, 0.1) is 0 Å². The van der Waals surface area contributed by atoms with E-state index in [1.807, 2.05) is 0 Å². The Morgan fingerprint density at radius 3 is 1.69 bits per heavy atom. The molecule has 0 bridgehead atoms. The van der Waals surface area contributed by atoms with Crippen LogP contribution in [0.5, 0.6) is 0 Å². The number of aliphatic hydroxyl groups excluding tert-OH is 1. The van der Waals surface area contributed by atoms with Crippen molar-refractivity contribution >= 4 is 0 Å². The molecule has 2 atom stereocenters. The number of aliphatic hydroxyl groups is 1. The van der Waals surface area contributed by atoms with Crippen molar-refractivity contribution in [2.24, 2.45) is 0 Å². The van der Waals surface area contributed by atoms with Gasteiger partial charge < -0.3 is 5.11 Å². The summed E-state index contributed by atoms with van der Waals surface area (Å²) in [6.07, 6.45) is -11.3. The van der Waals surface area contributed by atoms with Crippen molar-refractivity contribution < 1.29 is 40.9 Å². The Morgan fingerprint density at radius 2 is 1.54 bits per heavy atom. The van der Waals surface area contributed by atoms with Crippen molar-refractivity contribution in [2.75, 3.05) is 0 Å². The van der Waals surface area contributed by atoms with Gasteiger partial charge in [0.2, 0.25) is 0 Å². The topological polar surface area (TPSA) is 38.7 Å². The highest BCUT2D eigenvalue weighted by Gasteiger charge is 2.79. The van der Waals surface area contributed by atoms with Crippen molar-refractivity contribution in [3.05, 3.63) is 0 Å². The summed E-state index contributed by atoms with van der Waals surface area (Å²) in [7, 11) is 0. The van der Waals surface area contributed by atoms with E-state index in [2.05, 4.69) is 9.47 Å². The fraction of sp³-hybridized carbons (Fsp3) is 1.00. The number of hydrogen-bond donors (Lipinski definition) is 1. The minimum atomic E-state index is -5.99. The molecule has 1 fully saturated rings. The third kappa shape index (κ3) is 1.36. The average molecular weight is 212 g/mol. The molecule has 0 aromatic rings. The summed E-state index contributed by atoms with van der Waals surface area (Å²) in [4.78, 5) is 0. The van der Waals surface area contributed by atoms with E-state index >= 15 is 0 Å². The van der Waals surface area contributed by atoms with Gasteiger partial charge in [0.25, 0.3) is 6.48 Å². The predicted molar refractivity (Wildman–Crippen MR) is 23.0 cm³/mol. The summed E-state index contributed by atoms with van der Waals surface area (Å²) in [5, 5.41) is 8.10. The van der Waals surface area contributed by atoms with Crippen LogP contribution in [0, 0.1) is 0 Å². The van der Waals surface area contributed by atoms with Gasteiger partial charge in [-0.3, -0.25) is 9.47 Å². The lowest BCUT2D eigenvalue weighted by molar-refractivity contribution is -0.394. The van der Waals surface area contributed by atoms with Gasteiger partial charge >= 0.3 is 18.1 Å². The minimum absolute atomic E-state index is 2.90. The van der Waals surface area contributed by atoms with Crippen LogP contribution in [0.3, 0.4) is 0 Å². The first-order valence-corrected chi connectivity index (χ1v) is 2.77. The standard InChI is InChI=1S/C4H2F6O3/c5-2(3(6,7)8)4(9,10)13-1(11)12-2/h1,11H. The van der Waals surface area contributed by atoms with Crippen LogP contribution in [0.1, 0.15) is 0 Å². The predicted octanol–water partition coefficient (Wildman–Crippen LogP) is 1.13. The normalized spacial score (nSPS) is 39.5. The summed E-state index contributed by atoms with van der Waals surface area (Å²) in [6.45, 7) is -2.94. The van der Waals surface area contributed by atoms with Crippen LogP contribution in [0.15, 0.2) is 0 Å². The molecule has 1 aliphatic rings. The second kappa shape index (κ2) is 2.49. The Hall–Kier alpha value is -0.540. The van der Waals surface area contributed by atoms with Crippen LogP contribution in [0.4, 0.5) is 26.3 Å². The summed E-state index contributed by atoms with van der Waals surface area (Å²) in [5.74, 6) is -5.31. The molecule has 0 amide bonds. The third-order valence-electron chi connectivity index (χ3n) is 1.25. The number of hydrogen-bond acceptors (Lipinski definition) is 3. The second-order valence-corrected chi connectivity index (χ2v) is 2.15. The van der Waals surface area contributed by atoms with E-state index < -0.39 is 24.6 Å². The highest BCUT2D eigenvalue weighted by molar-refractivity contribution is 4.89. The first-order chi connectivity index (χ1) is 5.60. The first-order valence-electron chi connectivity index (χ1n) is 2.77. The van der Waals surface area contributed by atoms with Crippen molar-refractivity contribution in [3.63, 3.8) is 0 Å². The smallest absolute Gasteiger partial charge is 0.346 e. The van der Waals surface area contributed by atoms with Crippen LogP contribution in [0.25, 0.3) is 0 Å². The van der Waals surface area contributed by atoms with Gasteiger partial charge in [-0.2, -0.15) is 26.3 Å². The Kier molecular flexibility index (Phi) is 2.02. The van der Waals surface area contributed by atoms with Crippen molar-refractivity contribution in [1.29, 1.82) is 0 Å². The molecule has 1 saturated heterocycles. The minimum Gasteiger partial charge on any atom is -0.346 e. The van der Waals surface area contributed by atoms with Crippen LogP contribution >= 0.6 is 0 Å². The number of halogens is 6. The van der Waals surface area contributed by atoms with Gasteiger partial charge in [0.15, 0.2) is 0 Å². The van der Waals surface area contributed by atoms with Crippen LogP contribution in [-0.2, 0) is 9.47 Å². The molecule has 2 unspecified atom stereocenters. The van der Waals surface area contributed by atoms with E-state index in [1.54, 1.807) is 0 Å². The van der Waals surface area contributed by atoms with Crippen molar-refractivity contribution in [3.8, 4) is 0 Å². The fourth-order valence-electron chi connectivity index (χ4n) is 0.666. The Bertz CT molecular complexity index is 214. The maximum Gasteiger partial charge on any atom is 0.458 e. The number of rotatable bonds is 0. The molecule has 1 rings (SSSR count). The van der Waals surface area contributed by atoms with E-state index in [9.17, 15) is 26.3 Å². The molecule has 78 valence electrons. The summed E-state index contributed by atoms with van der Waals surface area (Å²) >= 11 is 0. The van der Waals surface area contributed by atoms with E-state index in [0.717, 1.165) is 0 Å². The first kappa shape index (κ1) is 10.5. The largest absolute Gasteiger partial charge is 0.458 e. The van der Waals surface area contributed by atoms with Crippen molar-refractivity contribution in [2.45, 2.75) is 24.6 Å². The molecular weight excluding hydrogens is 210 g/mol. The number of alkyl halides is 6. The van der Waals surface area contributed by atoms with E-state index in [-0.39, 0.29) is 0 Å². The summed E-state index contributed by atoms with van der Waals surface area (Å²) < 4.78 is 77.5. The number of ether oxygens (including phenoxy) is 2. The molecule has 3 nitrogen and oxygen atoms in total. The highest BCUT2D eigenvalue weighted by Crippen LogP contribution is 2.51. The molecule has 1 heterocycles. The average Bonchev–Trinajstić information content (AvgIpc) is 2.00. The summed E-state index contributed by atoms with van der Waals surface area (Å²) in [5.41, 5.74) is 0. The molecule has 0 aromatic carbocycles. The summed E-state index contributed by atoms with van der Waals surface area (Å²) in [6, 6.07) is 0. The molecule has 0 saturated carbocycles. The Morgan fingerprint density at radius 1 is 1.08 bits per heavy atom. The molecule has 0 radical (unpaired) electrons.